The molecule has 1 aliphatic heterocycles. The Hall–Kier alpha value is -0.990. The molecule has 3 heteroatoms. The Balaban J connectivity index is 2.52. The van der Waals surface area contributed by atoms with Crippen LogP contribution in [0, 0.1) is 0 Å². The lowest BCUT2D eigenvalue weighted by atomic mass is 10.3. The van der Waals surface area contributed by atoms with Crippen molar-refractivity contribution in [3.8, 4) is 0 Å². The van der Waals surface area contributed by atoms with Crippen molar-refractivity contribution in [2.24, 2.45) is 0 Å². The molecular weight excluding hydrogens is 131 g/mol. The predicted octanol–water partition coefficient (Wildman–Crippen LogP) is 0.892. The van der Waals surface area contributed by atoms with Gasteiger partial charge in [0, 0.05) is 6.54 Å². The Morgan fingerprint density at radius 2 is 2.60 bits per heavy atom. The number of likely N-dealkylation sites (N-methyl/N-ethyl adjacent to an activating group) is 1. The normalized spacial score (nSPS) is 23.4. The molecule has 0 aliphatic carbocycles. The minimum absolute atomic E-state index is 0.602. The zero-order valence-electron chi connectivity index (χ0n) is 5.89. The SMILES string of the molecule is CCNC1=CC=CNC1F. The van der Waals surface area contributed by atoms with E-state index < -0.39 is 6.30 Å². The monoisotopic (exact) mass is 142 g/mol. The van der Waals surface area contributed by atoms with Gasteiger partial charge in [-0.2, -0.15) is 0 Å². The zero-order chi connectivity index (χ0) is 7.40. The van der Waals surface area contributed by atoms with E-state index in [4.69, 9.17) is 0 Å². The van der Waals surface area contributed by atoms with Gasteiger partial charge in [0.25, 0.3) is 0 Å². The average Bonchev–Trinajstić information content (AvgIpc) is 1.94. The highest BCUT2D eigenvalue weighted by molar-refractivity contribution is 5.18. The summed E-state index contributed by atoms with van der Waals surface area (Å²) in [6, 6.07) is 0. The quantitative estimate of drug-likeness (QED) is 0.559. The maximum atomic E-state index is 12.7. The van der Waals surface area contributed by atoms with Gasteiger partial charge in [-0.3, -0.25) is 0 Å². The molecule has 1 rings (SSSR count). The van der Waals surface area contributed by atoms with Crippen molar-refractivity contribution < 1.29 is 4.39 Å². The van der Waals surface area contributed by atoms with Crippen LogP contribution in [-0.2, 0) is 0 Å². The molecule has 56 valence electrons. The van der Waals surface area contributed by atoms with E-state index in [1.54, 1.807) is 18.4 Å². The molecule has 0 bridgehead atoms. The number of hydrogen-bond acceptors (Lipinski definition) is 2. The zero-order valence-corrected chi connectivity index (χ0v) is 5.89. The number of halogens is 1. The third-order valence-corrected chi connectivity index (χ3v) is 1.27. The number of nitrogens with one attached hydrogen (secondary N) is 2. The third-order valence-electron chi connectivity index (χ3n) is 1.27. The first-order chi connectivity index (χ1) is 4.84. The molecule has 1 heterocycles. The van der Waals surface area contributed by atoms with E-state index in [9.17, 15) is 4.39 Å². The molecule has 0 spiro atoms. The van der Waals surface area contributed by atoms with Crippen LogP contribution in [0.1, 0.15) is 6.92 Å². The van der Waals surface area contributed by atoms with Crippen LogP contribution in [0.3, 0.4) is 0 Å². The summed E-state index contributed by atoms with van der Waals surface area (Å²) in [6.45, 7) is 2.69. The first-order valence-electron chi connectivity index (χ1n) is 3.35. The van der Waals surface area contributed by atoms with Gasteiger partial charge in [0.15, 0.2) is 0 Å². The largest absolute Gasteiger partial charge is 0.385 e. The minimum atomic E-state index is -1.06. The second kappa shape index (κ2) is 3.25. The summed E-state index contributed by atoms with van der Waals surface area (Å²) in [7, 11) is 0. The standard InChI is InChI=1S/C7H11FN2/c1-2-9-6-4-3-5-10-7(6)8/h3-5,7,9-10H,2H2,1H3. The van der Waals surface area contributed by atoms with Gasteiger partial charge in [0.2, 0.25) is 6.30 Å². The highest BCUT2D eigenvalue weighted by Gasteiger charge is 2.10. The molecule has 0 aromatic rings. The fourth-order valence-electron chi connectivity index (χ4n) is 0.819. The van der Waals surface area contributed by atoms with E-state index in [2.05, 4.69) is 10.6 Å². The van der Waals surface area contributed by atoms with Crippen molar-refractivity contribution in [1.29, 1.82) is 0 Å². The van der Waals surface area contributed by atoms with Gasteiger partial charge in [-0.1, -0.05) is 0 Å². The fraction of sp³-hybridized carbons (Fsp3) is 0.429. The highest BCUT2D eigenvalue weighted by Crippen LogP contribution is 2.03. The lowest BCUT2D eigenvalue weighted by Crippen LogP contribution is -2.31. The summed E-state index contributed by atoms with van der Waals surface area (Å²) >= 11 is 0. The maximum Gasteiger partial charge on any atom is 0.210 e. The van der Waals surface area contributed by atoms with Crippen molar-refractivity contribution in [2.45, 2.75) is 13.2 Å². The van der Waals surface area contributed by atoms with Gasteiger partial charge in [0.05, 0.1) is 5.70 Å². The van der Waals surface area contributed by atoms with Gasteiger partial charge in [-0.25, -0.2) is 4.39 Å². The van der Waals surface area contributed by atoms with E-state index in [1.165, 1.54) is 0 Å². The molecule has 2 N–H and O–H groups in total. The average molecular weight is 142 g/mol. The van der Waals surface area contributed by atoms with Gasteiger partial charge in [-0.15, -0.1) is 0 Å². The van der Waals surface area contributed by atoms with E-state index in [1.807, 2.05) is 6.92 Å². The number of allylic oxidation sites excluding steroid dienone is 2. The molecule has 0 aromatic carbocycles. The van der Waals surface area contributed by atoms with Crippen molar-refractivity contribution in [2.75, 3.05) is 6.54 Å². The van der Waals surface area contributed by atoms with Gasteiger partial charge >= 0.3 is 0 Å². The maximum absolute atomic E-state index is 12.7. The Morgan fingerprint density at radius 3 is 3.20 bits per heavy atom. The van der Waals surface area contributed by atoms with Gasteiger partial charge < -0.3 is 10.6 Å². The summed E-state index contributed by atoms with van der Waals surface area (Å²) in [5.41, 5.74) is 0.602. The molecule has 1 unspecified atom stereocenters. The van der Waals surface area contributed by atoms with Crippen LogP contribution in [0.4, 0.5) is 4.39 Å². The molecule has 0 aromatic heterocycles. The van der Waals surface area contributed by atoms with Crippen LogP contribution >= 0.6 is 0 Å². The Bertz CT molecular complexity index is 163. The van der Waals surface area contributed by atoms with E-state index in [0.717, 1.165) is 6.54 Å². The molecule has 0 radical (unpaired) electrons. The summed E-state index contributed by atoms with van der Waals surface area (Å²) < 4.78 is 12.7. The first kappa shape index (κ1) is 7.12. The number of rotatable bonds is 2. The van der Waals surface area contributed by atoms with Crippen LogP contribution in [0.25, 0.3) is 0 Å². The van der Waals surface area contributed by atoms with Crippen LogP contribution in [-0.4, -0.2) is 12.8 Å². The predicted molar refractivity (Wildman–Crippen MR) is 38.9 cm³/mol. The third kappa shape index (κ3) is 1.50. The molecule has 0 saturated carbocycles. The van der Waals surface area contributed by atoms with E-state index in [0.29, 0.717) is 5.70 Å². The molecule has 0 fully saturated rings. The molecule has 0 amide bonds. The molecule has 10 heavy (non-hydrogen) atoms. The summed E-state index contributed by atoms with van der Waals surface area (Å²) in [4.78, 5) is 0. The van der Waals surface area contributed by atoms with Crippen LogP contribution in [0.2, 0.25) is 0 Å². The van der Waals surface area contributed by atoms with Gasteiger partial charge in [0.1, 0.15) is 0 Å². The Labute approximate surface area is 59.8 Å². The topological polar surface area (TPSA) is 24.1 Å². The minimum Gasteiger partial charge on any atom is -0.385 e. The smallest absolute Gasteiger partial charge is 0.210 e. The highest BCUT2D eigenvalue weighted by atomic mass is 19.1. The number of dihydropyridines is 1. The summed E-state index contributed by atoms with van der Waals surface area (Å²) in [5.74, 6) is 0. The second-order valence-corrected chi connectivity index (χ2v) is 2.04. The fourth-order valence-corrected chi connectivity index (χ4v) is 0.819. The molecule has 0 saturated heterocycles. The summed E-state index contributed by atoms with van der Waals surface area (Å²) in [5, 5.41) is 5.45. The lowest BCUT2D eigenvalue weighted by molar-refractivity contribution is 0.331. The second-order valence-electron chi connectivity index (χ2n) is 2.04. The first-order valence-corrected chi connectivity index (χ1v) is 3.35. The Kier molecular flexibility index (Phi) is 2.31. The molecule has 1 atom stereocenters. The van der Waals surface area contributed by atoms with Crippen molar-refractivity contribution in [3.63, 3.8) is 0 Å². The van der Waals surface area contributed by atoms with Crippen LogP contribution < -0.4 is 10.6 Å². The van der Waals surface area contributed by atoms with Crippen LogP contribution in [0.15, 0.2) is 24.0 Å². The van der Waals surface area contributed by atoms with E-state index in [-0.39, 0.29) is 0 Å². The van der Waals surface area contributed by atoms with Crippen molar-refractivity contribution >= 4 is 0 Å². The lowest BCUT2D eigenvalue weighted by Gasteiger charge is -2.16. The van der Waals surface area contributed by atoms with E-state index >= 15 is 0 Å². The van der Waals surface area contributed by atoms with Crippen molar-refractivity contribution in [1.82, 2.24) is 10.6 Å². The molecule has 1 aliphatic rings. The number of alkyl halides is 1. The van der Waals surface area contributed by atoms with Crippen molar-refractivity contribution in [3.05, 3.63) is 24.0 Å². The van der Waals surface area contributed by atoms with Gasteiger partial charge in [-0.05, 0) is 25.3 Å². The number of hydrogen-bond donors (Lipinski definition) is 2. The Morgan fingerprint density at radius 1 is 1.80 bits per heavy atom. The summed E-state index contributed by atoms with van der Waals surface area (Å²) in [6.07, 6.45) is 4.02. The molecule has 2 nitrogen and oxygen atoms in total. The van der Waals surface area contributed by atoms with Crippen LogP contribution in [0.5, 0.6) is 0 Å². The molecular formula is C7H11FN2.